The fourth-order valence-electron chi connectivity index (χ4n) is 1.11. The van der Waals surface area contributed by atoms with Gasteiger partial charge in [0.1, 0.15) is 0 Å². The molecule has 1 atom stereocenters. The molecule has 0 spiro atoms. The molecule has 13 heavy (non-hydrogen) atoms. The van der Waals surface area contributed by atoms with Gasteiger partial charge in [-0.15, -0.1) is 0 Å². The predicted octanol–water partition coefficient (Wildman–Crippen LogP) is 2.64. The van der Waals surface area contributed by atoms with Gasteiger partial charge >= 0.3 is 0 Å². The van der Waals surface area contributed by atoms with Crippen molar-refractivity contribution in [2.75, 3.05) is 33.9 Å². The quantitative estimate of drug-likeness (QED) is 0.637. The zero-order chi connectivity index (χ0) is 10.7. The highest BCUT2D eigenvalue weighted by Gasteiger charge is 2.07. The van der Waals surface area contributed by atoms with Gasteiger partial charge in [-0.25, -0.2) is 0 Å². The van der Waals surface area contributed by atoms with Crippen LogP contribution in [0.4, 0.5) is 0 Å². The second-order valence-electron chi connectivity index (χ2n) is 3.08. The Labute approximate surface area is 84.3 Å². The number of rotatable bonds is 6. The van der Waals surface area contributed by atoms with Crippen molar-refractivity contribution in [2.24, 2.45) is 5.92 Å². The van der Waals surface area contributed by atoms with Gasteiger partial charge in [-0.3, -0.25) is 0 Å². The molecule has 0 amide bonds. The molecule has 0 aliphatic rings. The molecule has 0 aromatic carbocycles. The number of nitrogens with zero attached hydrogens (tertiary/aromatic N) is 1. The maximum atomic E-state index is 5.11. The summed E-state index contributed by atoms with van der Waals surface area (Å²) in [5, 5.41) is 0. The summed E-state index contributed by atoms with van der Waals surface area (Å²) in [6.07, 6.45) is 1.21. The molecule has 0 heterocycles. The van der Waals surface area contributed by atoms with E-state index in [0.29, 0.717) is 5.92 Å². The van der Waals surface area contributed by atoms with E-state index in [1.807, 2.05) is 13.8 Å². The summed E-state index contributed by atoms with van der Waals surface area (Å²) in [6.45, 7) is 11.6. The Morgan fingerprint density at radius 3 is 2.08 bits per heavy atom. The van der Waals surface area contributed by atoms with E-state index in [1.54, 1.807) is 7.11 Å². The Kier molecular flexibility index (Phi) is 14.1. The minimum Gasteiger partial charge on any atom is -0.384 e. The van der Waals surface area contributed by atoms with E-state index >= 15 is 0 Å². The molecule has 0 radical (unpaired) electrons. The Morgan fingerprint density at radius 2 is 1.77 bits per heavy atom. The molecule has 0 saturated carbocycles. The molecule has 0 aromatic rings. The van der Waals surface area contributed by atoms with Crippen molar-refractivity contribution < 1.29 is 4.74 Å². The molecule has 1 unspecified atom stereocenters. The zero-order valence-electron chi connectivity index (χ0n) is 10.3. The first-order valence-electron chi connectivity index (χ1n) is 5.42. The van der Waals surface area contributed by atoms with E-state index in [-0.39, 0.29) is 0 Å². The van der Waals surface area contributed by atoms with Gasteiger partial charge in [0.25, 0.3) is 0 Å². The van der Waals surface area contributed by atoms with Crippen LogP contribution in [0.15, 0.2) is 0 Å². The van der Waals surface area contributed by atoms with Gasteiger partial charge in [0, 0.05) is 13.7 Å². The fourth-order valence-corrected chi connectivity index (χ4v) is 1.11. The lowest BCUT2D eigenvalue weighted by molar-refractivity contribution is 0.128. The first-order valence-corrected chi connectivity index (χ1v) is 5.42. The normalized spacial score (nSPS) is 12.2. The van der Waals surface area contributed by atoms with Crippen LogP contribution in [-0.4, -0.2) is 38.8 Å². The first kappa shape index (κ1) is 15.4. The zero-order valence-corrected chi connectivity index (χ0v) is 10.3. The lowest BCUT2D eigenvalue weighted by Crippen LogP contribution is -2.27. The first-order chi connectivity index (χ1) is 6.24. The van der Waals surface area contributed by atoms with Crippen LogP contribution >= 0.6 is 0 Å². The van der Waals surface area contributed by atoms with Crippen molar-refractivity contribution in [2.45, 2.75) is 34.1 Å². The average molecular weight is 189 g/mol. The smallest absolute Gasteiger partial charge is 0.0502 e. The SMILES string of the molecule is CC.CCC(COC)CN(C)CC. The van der Waals surface area contributed by atoms with Crippen LogP contribution in [0.2, 0.25) is 0 Å². The average Bonchev–Trinajstić information content (AvgIpc) is 2.20. The van der Waals surface area contributed by atoms with Gasteiger partial charge in [0.2, 0.25) is 0 Å². The summed E-state index contributed by atoms with van der Waals surface area (Å²) >= 11 is 0. The summed E-state index contributed by atoms with van der Waals surface area (Å²) in [5.74, 6) is 0.699. The molecule has 0 fully saturated rings. The number of methoxy groups -OCH3 is 1. The van der Waals surface area contributed by atoms with Gasteiger partial charge in [-0.05, 0) is 25.9 Å². The number of ether oxygens (including phenoxy) is 1. The van der Waals surface area contributed by atoms with Crippen LogP contribution in [0.1, 0.15) is 34.1 Å². The van der Waals surface area contributed by atoms with Crippen molar-refractivity contribution in [1.29, 1.82) is 0 Å². The summed E-state index contributed by atoms with van der Waals surface area (Å²) in [6, 6.07) is 0. The van der Waals surface area contributed by atoms with Crippen LogP contribution in [0.25, 0.3) is 0 Å². The van der Waals surface area contributed by atoms with Crippen LogP contribution < -0.4 is 0 Å². The van der Waals surface area contributed by atoms with E-state index in [0.717, 1.165) is 19.7 Å². The monoisotopic (exact) mass is 189 g/mol. The highest BCUT2D eigenvalue weighted by atomic mass is 16.5. The summed E-state index contributed by atoms with van der Waals surface area (Å²) in [7, 11) is 3.92. The van der Waals surface area contributed by atoms with Crippen molar-refractivity contribution in [1.82, 2.24) is 4.90 Å². The maximum Gasteiger partial charge on any atom is 0.0502 e. The molecular formula is C11H27NO. The highest BCUT2D eigenvalue weighted by Crippen LogP contribution is 2.04. The standard InChI is InChI=1S/C9H21NO.C2H6/c1-5-9(8-11-4)7-10(3)6-2;1-2/h9H,5-8H2,1-4H3;1-2H3. The Morgan fingerprint density at radius 1 is 1.23 bits per heavy atom. The van der Waals surface area contributed by atoms with E-state index in [9.17, 15) is 0 Å². The molecule has 0 bridgehead atoms. The summed E-state index contributed by atoms with van der Waals surface area (Å²) in [4.78, 5) is 2.33. The van der Waals surface area contributed by atoms with Gasteiger partial charge in [-0.1, -0.05) is 27.7 Å². The Bertz CT molecular complexity index is 86.2. The molecule has 0 aliphatic heterocycles. The van der Waals surface area contributed by atoms with Gasteiger partial charge in [0.15, 0.2) is 0 Å². The number of hydrogen-bond acceptors (Lipinski definition) is 2. The molecule has 0 rings (SSSR count). The second-order valence-corrected chi connectivity index (χ2v) is 3.08. The number of hydrogen-bond donors (Lipinski definition) is 0. The van der Waals surface area contributed by atoms with Crippen molar-refractivity contribution >= 4 is 0 Å². The van der Waals surface area contributed by atoms with E-state index in [2.05, 4.69) is 25.8 Å². The van der Waals surface area contributed by atoms with Crippen molar-refractivity contribution in [3.63, 3.8) is 0 Å². The lowest BCUT2D eigenvalue weighted by Gasteiger charge is -2.20. The van der Waals surface area contributed by atoms with Gasteiger partial charge in [0.05, 0.1) is 6.61 Å². The summed E-state index contributed by atoms with van der Waals surface area (Å²) < 4.78 is 5.11. The molecule has 0 N–H and O–H groups in total. The molecule has 2 heteroatoms. The third-order valence-electron chi connectivity index (χ3n) is 2.09. The van der Waals surface area contributed by atoms with Crippen molar-refractivity contribution in [3.8, 4) is 0 Å². The molecule has 0 aliphatic carbocycles. The van der Waals surface area contributed by atoms with E-state index in [4.69, 9.17) is 4.74 Å². The topological polar surface area (TPSA) is 12.5 Å². The fraction of sp³-hybridized carbons (Fsp3) is 1.00. The van der Waals surface area contributed by atoms with Crippen molar-refractivity contribution in [3.05, 3.63) is 0 Å². The summed E-state index contributed by atoms with van der Waals surface area (Å²) in [5.41, 5.74) is 0. The van der Waals surface area contributed by atoms with E-state index in [1.165, 1.54) is 6.42 Å². The van der Waals surface area contributed by atoms with Crippen LogP contribution in [0, 0.1) is 5.92 Å². The van der Waals surface area contributed by atoms with Crippen LogP contribution in [0.5, 0.6) is 0 Å². The van der Waals surface area contributed by atoms with E-state index < -0.39 is 0 Å². The van der Waals surface area contributed by atoms with Gasteiger partial charge < -0.3 is 9.64 Å². The molecule has 82 valence electrons. The largest absolute Gasteiger partial charge is 0.384 e. The predicted molar refractivity (Wildman–Crippen MR) is 60.2 cm³/mol. The Hall–Kier alpha value is -0.0800. The molecule has 0 saturated heterocycles. The van der Waals surface area contributed by atoms with Crippen LogP contribution in [0.3, 0.4) is 0 Å². The minimum atomic E-state index is 0.699. The Balaban J connectivity index is 0. The molecule has 2 nitrogen and oxygen atoms in total. The maximum absolute atomic E-state index is 5.11. The van der Waals surface area contributed by atoms with Gasteiger partial charge in [-0.2, -0.15) is 0 Å². The molecular weight excluding hydrogens is 162 g/mol. The lowest BCUT2D eigenvalue weighted by atomic mass is 10.1. The molecule has 0 aromatic heterocycles. The highest BCUT2D eigenvalue weighted by molar-refractivity contribution is 4.59. The third-order valence-corrected chi connectivity index (χ3v) is 2.09. The van der Waals surface area contributed by atoms with Crippen LogP contribution in [-0.2, 0) is 4.74 Å². The third kappa shape index (κ3) is 9.84. The minimum absolute atomic E-state index is 0.699. The second kappa shape index (κ2) is 11.9.